The van der Waals surface area contributed by atoms with Crippen LogP contribution in [0.4, 0.5) is 11.9 Å². The largest absolute Gasteiger partial charge is 0.370 e. The van der Waals surface area contributed by atoms with E-state index in [9.17, 15) is 0 Å². The van der Waals surface area contributed by atoms with E-state index in [-0.39, 0.29) is 0 Å². The van der Waals surface area contributed by atoms with Crippen LogP contribution in [0.2, 0.25) is 10.0 Å². The van der Waals surface area contributed by atoms with E-state index in [0.717, 1.165) is 25.7 Å². The Hall–Kier alpha value is -2.72. The SMILES string of the molecule is NC(=NCCCCCCCCCCN=C(N)Nc1ncc(Cl)cn1)Nc1ncc(Cl)cn1. The number of unbranched alkanes of at least 4 members (excludes halogenated alkanes) is 7. The van der Waals surface area contributed by atoms with Gasteiger partial charge >= 0.3 is 0 Å². The highest BCUT2D eigenvalue weighted by molar-refractivity contribution is 6.30. The number of anilines is 2. The van der Waals surface area contributed by atoms with Crippen molar-refractivity contribution in [2.45, 2.75) is 51.4 Å². The molecule has 0 radical (unpaired) electrons. The summed E-state index contributed by atoms with van der Waals surface area (Å²) in [6, 6.07) is 0. The minimum atomic E-state index is 0.312. The average Bonchev–Trinajstić information content (AvgIpc) is 2.77. The van der Waals surface area contributed by atoms with E-state index in [2.05, 4.69) is 40.6 Å². The van der Waals surface area contributed by atoms with Crippen LogP contribution in [0.3, 0.4) is 0 Å². The fourth-order valence-corrected chi connectivity index (χ4v) is 2.94. The average molecular weight is 481 g/mol. The highest BCUT2D eigenvalue weighted by Crippen LogP contribution is 2.09. The van der Waals surface area contributed by atoms with Gasteiger partial charge in [0.25, 0.3) is 0 Å². The Morgan fingerprint density at radius 3 is 1.28 bits per heavy atom. The zero-order chi connectivity index (χ0) is 23.0. The number of guanidine groups is 2. The summed E-state index contributed by atoms with van der Waals surface area (Å²) in [7, 11) is 0. The third-order valence-corrected chi connectivity index (χ3v) is 4.74. The zero-order valence-electron chi connectivity index (χ0n) is 18.0. The molecular weight excluding hydrogens is 451 g/mol. The van der Waals surface area contributed by atoms with Crippen LogP contribution in [0.1, 0.15) is 51.4 Å². The fraction of sp³-hybridized carbons (Fsp3) is 0.500. The van der Waals surface area contributed by atoms with Gasteiger partial charge in [-0.15, -0.1) is 0 Å². The van der Waals surface area contributed by atoms with E-state index in [1.165, 1.54) is 50.5 Å². The van der Waals surface area contributed by atoms with Gasteiger partial charge in [0, 0.05) is 13.1 Å². The Morgan fingerprint density at radius 1 is 0.625 bits per heavy atom. The third kappa shape index (κ3) is 11.6. The molecule has 10 nitrogen and oxygen atoms in total. The normalized spacial score (nSPS) is 12.1. The molecule has 0 amide bonds. The van der Waals surface area contributed by atoms with Gasteiger partial charge in [-0.2, -0.15) is 0 Å². The predicted octanol–water partition coefficient (Wildman–Crippen LogP) is 3.85. The highest BCUT2D eigenvalue weighted by Gasteiger charge is 1.99. The second-order valence-corrected chi connectivity index (χ2v) is 7.93. The van der Waals surface area contributed by atoms with Gasteiger partial charge in [0.2, 0.25) is 11.9 Å². The van der Waals surface area contributed by atoms with Crippen LogP contribution in [-0.2, 0) is 0 Å². The summed E-state index contributed by atoms with van der Waals surface area (Å²) in [6.07, 6.45) is 15.1. The smallest absolute Gasteiger partial charge is 0.229 e. The molecule has 0 spiro atoms. The molecule has 32 heavy (non-hydrogen) atoms. The van der Waals surface area contributed by atoms with E-state index in [4.69, 9.17) is 34.7 Å². The molecule has 2 rings (SSSR count). The summed E-state index contributed by atoms with van der Waals surface area (Å²) in [6.45, 7) is 1.36. The molecule has 0 aliphatic heterocycles. The Bertz CT molecular complexity index is 769. The Kier molecular flexibility index (Phi) is 12.1. The molecule has 0 aromatic carbocycles. The molecule has 174 valence electrons. The van der Waals surface area contributed by atoms with Gasteiger partial charge in [-0.25, -0.2) is 19.9 Å². The van der Waals surface area contributed by atoms with Crippen LogP contribution < -0.4 is 22.1 Å². The lowest BCUT2D eigenvalue weighted by Gasteiger charge is -2.04. The van der Waals surface area contributed by atoms with E-state index in [1.807, 2.05) is 0 Å². The number of halogens is 2. The van der Waals surface area contributed by atoms with Gasteiger partial charge in [0.1, 0.15) is 0 Å². The van der Waals surface area contributed by atoms with Gasteiger partial charge in [-0.3, -0.25) is 20.6 Å². The molecule has 0 fully saturated rings. The van der Waals surface area contributed by atoms with Crippen LogP contribution in [0.5, 0.6) is 0 Å². The van der Waals surface area contributed by atoms with E-state index in [1.54, 1.807) is 0 Å². The monoisotopic (exact) mass is 480 g/mol. The maximum atomic E-state index is 5.82. The number of aliphatic imine (C=N–C) groups is 2. The van der Waals surface area contributed by atoms with Crippen molar-refractivity contribution in [3.63, 3.8) is 0 Å². The van der Waals surface area contributed by atoms with Gasteiger partial charge in [-0.05, 0) is 12.8 Å². The molecule has 2 aromatic rings. The lowest BCUT2D eigenvalue weighted by atomic mass is 10.1. The Morgan fingerprint density at radius 2 is 0.938 bits per heavy atom. The first-order valence-electron chi connectivity index (χ1n) is 10.6. The zero-order valence-corrected chi connectivity index (χ0v) is 19.5. The van der Waals surface area contributed by atoms with Crippen LogP contribution in [0.25, 0.3) is 0 Å². The Balaban J connectivity index is 1.42. The summed E-state index contributed by atoms with van der Waals surface area (Å²) in [4.78, 5) is 24.6. The molecular formula is C20H30Cl2N10. The van der Waals surface area contributed by atoms with Crippen molar-refractivity contribution in [2.75, 3.05) is 23.7 Å². The van der Waals surface area contributed by atoms with Crippen molar-refractivity contribution in [3.8, 4) is 0 Å². The molecule has 12 heteroatoms. The number of nitrogens with zero attached hydrogens (tertiary/aromatic N) is 6. The summed E-state index contributed by atoms with van der Waals surface area (Å²) >= 11 is 11.5. The number of rotatable bonds is 13. The maximum Gasteiger partial charge on any atom is 0.229 e. The van der Waals surface area contributed by atoms with Crippen molar-refractivity contribution >= 4 is 47.0 Å². The summed E-state index contributed by atoms with van der Waals surface area (Å²) in [5, 5.41) is 6.63. The quantitative estimate of drug-likeness (QED) is 0.191. The van der Waals surface area contributed by atoms with Crippen LogP contribution in [-0.4, -0.2) is 44.9 Å². The van der Waals surface area contributed by atoms with Crippen LogP contribution in [0.15, 0.2) is 34.8 Å². The topological polar surface area (TPSA) is 152 Å². The number of nitrogens with one attached hydrogen (secondary N) is 2. The van der Waals surface area contributed by atoms with Crippen LogP contribution in [0, 0.1) is 0 Å². The van der Waals surface area contributed by atoms with Crippen molar-refractivity contribution in [1.82, 2.24) is 19.9 Å². The lowest BCUT2D eigenvalue weighted by Crippen LogP contribution is -2.24. The number of nitrogens with two attached hydrogens (primary N) is 2. The molecule has 0 atom stereocenters. The highest BCUT2D eigenvalue weighted by atomic mass is 35.5. The summed E-state index contributed by atoms with van der Waals surface area (Å²) < 4.78 is 0. The van der Waals surface area contributed by atoms with Crippen molar-refractivity contribution < 1.29 is 0 Å². The molecule has 0 saturated carbocycles. The van der Waals surface area contributed by atoms with E-state index < -0.39 is 0 Å². The number of aromatic nitrogens is 4. The minimum absolute atomic E-state index is 0.312. The van der Waals surface area contributed by atoms with Gasteiger partial charge in [0.15, 0.2) is 11.9 Å². The van der Waals surface area contributed by atoms with E-state index >= 15 is 0 Å². The van der Waals surface area contributed by atoms with Crippen molar-refractivity contribution in [2.24, 2.45) is 21.5 Å². The molecule has 2 aromatic heterocycles. The molecule has 0 bridgehead atoms. The van der Waals surface area contributed by atoms with Crippen LogP contribution >= 0.6 is 23.2 Å². The van der Waals surface area contributed by atoms with Gasteiger partial charge in [0.05, 0.1) is 34.8 Å². The Labute approximate surface area is 198 Å². The second-order valence-electron chi connectivity index (χ2n) is 7.06. The first kappa shape index (κ1) is 25.5. The molecule has 0 aliphatic carbocycles. The fourth-order valence-electron chi connectivity index (χ4n) is 2.75. The molecule has 0 aliphatic rings. The van der Waals surface area contributed by atoms with Gasteiger partial charge in [-0.1, -0.05) is 61.7 Å². The first-order valence-corrected chi connectivity index (χ1v) is 11.4. The third-order valence-electron chi connectivity index (χ3n) is 4.35. The van der Waals surface area contributed by atoms with Crippen molar-refractivity contribution in [1.29, 1.82) is 0 Å². The predicted molar refractivity (Wildman–Crippen MR) is 131 cm³/mol. The minimum Gasteiger partial charge on any atom is -0.370 e. The van der Waals surface area contributed by atoms with Gasteiger partial charge < -0.3 is 11.5 Å². The standard InChI is InChI=1S/C20H30Cl2N10/c21-15-11-27-19(28-12-15)31-17(23)25-9-7-5-3-1-2-4-6-8-10-26-18(24)32-20-29-13-16(22)14-30-20/h11-14H,1-10H2,(H3,23,25,27,28,31)(H3,24,26,29,30,32). The second kappa shape index (κ2) is 15.1. The molecule has 0 saturated heterocycles. The summed E-state index contributed by atoms with van der Waals surface area (Å²) in [5.74, 6) is 1.39. The molecule has 0 unspecified atom stereocenters. The molecule has 2 heterocycles. The number of hydrogen-bond donors (Lipinski definition) is 4. The maximum absolute atomic E-state index is 5.82. The van der Waals surface area contributed by atoms with E-state index in [0.29, 0.717) is 47.0 Å². The first-order chi connectivity index (χ1) is 15.5. The molecule has 6 N–H and O–H groups in total. The summed E-state index contributed by atoms with van der Waals surface area (Å²) in [5.41, 5.74) is 11.6. The number of hydrogen-bond acceptors (Lipinski definition) is 6. The lowest BCUT2D eigenvalue weighted by molar-refractivity contribution is 0.572. The van der Waals surface area contributed by atoms with Crippen molar-refractivity contribution in [3.05, 3.63) is 34.8 Å².